The van der Waals surface area contributed by atoms with Crippen molar-refractivity contribution in [1.29, 1.82) is 0 Å². The number of benzene rings is 1. The molecule has 4 heteroatoms. The van der Waals surface area contributed by atoms with E-state index in [2.05, 4.69) is 0 Å². The van der Waals surface area contributed by atoms with Gasteiger partial charge in [-0.1, -0.05) is 6.07 Å². The number of methoxy groups -OCH3 is 1. The Labute approximate surface area is 125 Å². The van der Waals surface area contributed by atoms with Gasteiger partial charge >= 0.3 is 5.97 Å². The third-order valence-electron chi connectivity index (χ3n) is 4.52. The smallest absolute Gasteiger partial charge is 0.306 e. The predicted molar refractivity (Wildman–Crippen MR) is 78.6 cm³/mol. The fraction of sp³-hybridized carbons (Fsp3) is 0.588. The molecule has 114 valence electrons. The van der Waals surface area contributed by atoms with Crippen LogP contribution in [0.1, 0.15) is 51.0 Å². The molecule has 0 spiro atoms. The average molecular weight is 290 g/mol. The van der Waals surface area contributed by atoms with Gasteiger partial charge in [0.05, 0.1) is 13.2 Å². The molecule has 4 nitrogen and oxygen atoms in total. The lowest BCUT2D eigenvalue weighted by Crippen LogP contribution is -2.21. The van der Waals surface area contributed by atoms with Gasteiger partial charge in [-0.25, -0.2) is 0 Å². The number of carbonyl (C=O) groups is 1. The van der Waals surface area contributed by atoms with Gasteiger partial charge in [0.15, 0.2) is 11.5 Å². The molecule has 1 atom stereocenters. The van der Waals surface area contributed by atoms with Gasteiger partial charge < -0.3 is 14.2 Å². The highest BCUT2D eigenvalue weighted by molar-refractivity contribution is 5.72. The van der Waals surface area contributed by atoms with Crippen molar-refractivity contribution < 1.29 is 19.0 Å². The first kappa shape index (κ1) is 14.2. The fourth-order valence-electron chi connectivity index (χ4n) is 3.18. The van der Waals surface area contributed by atoms with Crippen LogP contribution in [-0.4, -0.2) is 19.2 Å². The second kappa shape index (κ2) is 5.58. The fourth-order valence-corrected chi connectivity index (χ4v) is 3.18. The van der Waals surface area contributed by atoms with E-state index < -0.39 is 5.60 Å². The van der Waals surface area contributed by atoms with Crippen molar-refractivity contribution in [2.24, 2.45) is 0 Å². The first-order valence-electron chi connectivity index (χ1n) is 7.68. The van der Waals surface area contributed by atoms with Crippen LogP contribution in [0.15, 0.2) is 18.2 Å². The molecule has 0 radical (unpaired) electrons. The molecule has 1 saturated heterocycles. The number of hydrogen-bond acceptors (Lipinski definition) is 4. The van der Waals surface area contributed by atoms with Crippen molar-refractivity contribution in [2.45, 2.75) is 57.2 Å². The Morgan fingerprint density at radius 2 is 2.00 bits per heavy atom. The first-order chi connectivity index (χ1) is 10.1. The molecule has 1 saturated carbocycles. The Morgan fingerprint density at radius 1 is 1.24 bits per heavy atom. The molecule has 0 bridgehead atoms. The van der Waals surface area contributed by atoms with E-state index in [1.807, 2.05) is 25.1 Å². The van der Waals surface area contributed by atoms with Crippen molar-refractivity contribution in [3.05, 3.63) is 23.8 Å². The zero-order valence-corrected chi connectivity index (χ0v) is 12.7. The summed E-state index contributed by atoms with van der Waals surface area (Å²) in [6.45, 7) is 1.96. The number of cyclic esters (lactones) is 1. The highest BCUT2D eigenvalue weighted by atomic mass is 16.6. The van der Waals surface area contributed by atoms with Gasteiger partial charge in [0.1, 0.15) is 5.60 Å². The molecule has 1 aromatic rings. The minimum Gasteiger partial charge on any atom is -0.493 e. The van der Waals surface area contributed by atoms with Crippen LogP contribution in [0.3, 0.4) is 0 Å². The summed E-state index contributed by atoms with van der Waals surface area (Å²) in [7, 11) is 1.65. The molecule has 0 amide bonds. The Hall–Kier alpha value is -1.71. The second-order valence-corrected chi connectivity index (χ2v) is 6.09. The zero-order chi connectivity index (χ0) is 14.9. The molecule has 1 aliphatic carbocycles. The summed E-state index contributed by atoms with van der Waals surface area (Å²) >= 11 is 0. The van der Waals surface area contributed by atoms with Gasteiger partial charge in [0.25, 0.3) is 0 Å². The zero-order valence-electron chi connectivity index (χ0n) is 12.7. The van der Waals surface area contributed by atoms with Gasteiger partial charge in [-0.3, -0.25) is 4.79 Å². The Kier molecular flexibility index (Phi) is 3.79. The molecule has 0 N–H and O–H groups in total. The molecular formula is C17H22O4. The van der Waals surface area contributed by atoms with Crippen molar-refractivity contribution in [1.82, 2.24) is 0 Å². The van der Waals surface area contributed by atoms with Gasteiger partial charge in [-0.2, -0.15) is 0 Å². The van der Waals surface area contributed by atoms with E-state index in [-0.39, 0.29) is 12.1 Å². The Bertz CT molecular complexity index is 534. The molecule has 3 rings (SSSR count). The van der Waals surface area contributed by atoms with Crippen molar-refractivity contribution in [3.8, 4) is 11.5 Å². The van der Waals surface area contributed by atoms with Gasteiger partial charge in [0, 0.05) is 12.8 Å². The number of carbonyl (C=O) groups excluding carboxylic acids is 1. The van der Waals surface area contributed by atoms with Crippen LogP contribution >= 0.6 is 0 Å². The maximum atomic E-state index is 11.4. The van der Waals surface area contributed by atoms with E-state index >= 15 is 0 Å². The molecule has 0 unspecified atom stereocenters. The highest BCUT2D eigenvalue weighted by Gasteiger charge is 2.38. The first-order valence-corrected chi connectivity index (χ1v) is 7.68. The van der Waals surface area contributed by atoms with Crippen LogP contribution in [0.5, 0.6) is 11.5 Å². The van der Waals surface area contributed by atoms with Crippen molar-refractivity contribution >= 4 is 5.97 Å². The lowest BCUT2D eigenvalue weighted by molar-refractivity contribution is -0.147. The maximum absolute atomic E-state index is 11.4. The second-order valence-electron chi connectivity index (χ2n) is 6.09. The molecular weight excluding hydrogens is 268 g/mol. The number of esters is 1. The molecule has 0 aromatic heterocycles. The molecule has 1 aromatic carbocycles. The third-order valence-corrected chi connectivity index (χ3v) is 4.52. The summed E-state index contributed by atoms with van der Waals surface area (Å²) in [4.78, 5) is 11.4. The minimum absolute atomic E-state index is 0.133. The topological polar surface area (TPSA) is 44.8 Å². The standard InChI is InChI=1S/C17H22O4/c1-17(10-9-16(18)21-17)12-7-8-14(19-2)15(11-12)20-13-5-3-4-6-13/h7-8,11,13H,3-6,9-10H2,1-2H3/t17-/m0/s1. The van der Waals surface area contributed by atoms with E-state index in [9.17, 15) is 4.79 Å². The summed E-state index contributed by atoms with van der Waals surface area (Å²) < 4.78 is 17.0. The van der Waals surface area contributed by atoms with Crippen LogP contribution in [0.2, 0.25) is 0 Å². The third kappa shape index (κ3) is 2.85. The lowest BCUT2D eigenvalue weighted by Gasteiger charge is -2.25. The Morgan fingerprint density at radius 3 is 2.62 bits per heavy atom. The molecule has 21 heavy (non-hydrogen) atoms. The van der Waals surface area contributed by atoms with Gasteiger partial charge in [-0.05, 0) is 50.3 Å². The quantitative estimate of drug-likeness (QED) is 0.795. The van der Waals surface area contributed by atoms with Crippen LogP contribution in [0.25, 0.3) is 0 Å². The average Bonchev–Trinajstić information content (AvgIpc) is 3.09. The van der Waals surface area contributed by atoms with E-state index in [1.165, 1.54) is 12.8 Å². The molecule has 1 aliphatic heterocycles. The monoisotopic (exact) mass is 290 g/mol. The van der Waals surface area contributed by atoms with Gasteiger partial charge in [-0.15, -0.1) is 0 Å². The van der Waals surface area contributed by atoms with Gasteiger partial charge in [0.2, 0.25) is 0 Å². The lowest BCUT2D eigenvalue weighted by atomic mass is 9.92. The number of rotatable bonds is 4. The van der Waals surface area contributed by atoms with Crippen LogP contribution < -0.4 is 9.47 Å². The van der Waals surface area contributed by atoms with Crippen LogP contribution in [0, 0.1) is 0 Å². The van der Waals surface area contributed by atoms with Crippen molar-refractivity contribution in [2.75, 3.05) is 7.11 Å². The summed E-state index contributed by atoms with van der Waals surface area (Å²) in [5.74, 6) is 1.36. The van der Waals surface area contributed by atoms with E-state index in [4.69, 9.17) is 14.2 Å². The summed E-state index contributed by atoms with van der Waals surface area (Å²) in [6, 6.07) is 5.83. The predicted octanol–water partition coefficient (Wildman–Crippen LogP) is 3.57. The minimum atomic E-state index is -0.545. The number of ether oxygens (including phenoxy) is 3. The highest BCUT2D eigenvalue weighted by Crippen LogP contribution is 2.41. The molecule has 1 heterocycles. The normalized spacial score (nSPS) is 25.9. The van der Waals surface area contributed by atoms with E-state index in [0.29, 0.717) is 12.8 Å². The number of hydrogen-bond donors (Lipinski definition) is 0. The van der Waals surface area contributed by atoms with E-state index in [1.54, 1.807) is 7.11 Å². The molecule has 2 fully saturated rings. The maximum Gasteiger partial charge on any atom is 0.306 e. The van der Waals surface area contributed by atoms with Crippen molar-refractivity contribution in [3.63, 3.8) is 0 Å². The summed E-state index contributed by atoms with van der Waals surface area (Å²) in [5.41, 5.74) is 0.430. The summed E-state index contributed by atoms with van der Waals surface area (Å²) in [6.07, 6.45) is 6.10. The largest absolute Gasteiger partial charge is 0.493 e. The Balaban J connectivity index is 1.87. The van der Waals surface area contributed by atoms with E-state index in [0.717, 1.165) is 29.9 Å². The molecule has 2 aliphatic rings. The van der Waals surface area contributed by atoms with Crippen LogP contribution in [-0.2, 0) is 15.1 Å². The van der Waals surface area contributed by atoms with Crippen LogP contribution in [0.4, 0.5) is 0 Å². The SMILES string of the molecule is COc1ccc([C@]2(C)CCC(=O)O2)cc1OC1CCCC1. The summed E-state index contributed by atoms with van der Waals surface area (Å²) in [5, 5.41) is 0.